The third kappa shape index (κ3) is 3.58. The summed E-state index contributed by atoms with van der Waals surface area (Å²) in [5.74, 6) is 0. The van der Waals surface area contributed by atoms with Crippen molar-refractivity contribution in [2.75, 3.05) is 18.5 Å². The molecule has 1 rings (SSSR count). The normalized spacial score (nSPS) is 12.3. The molecule has 0 aromatic heterocycles. The molecule has 0 spiro atoms. The highest BCUT2D eigenvalue weighted by Crippen LogP contribution is 2.38. The molecule has 1 aromatic rings. The van der Waals surface area contributed by atoms with Gasteiger partial charge in [0.2, 0.25) is 0 Å². The first-order valence-corrected chi connectivity index (χ1v) is 5.48. The van der Waals surface area contributed by atoms with Gasteiger partial charge in [-0.05, 0) is 13.0 Å². The molecule has 0 aliphatic heterocycles. The van der Waals surface area contributed by atoms with Gasteiger partial charge < -0.3 is 15.5 Å². The minimum absolute atomic E-state index is 0.400. The largest absolute Gasteiger partial charge is 0.418 e. The van der Waals surface area contributed by atoms with Crippen LogP contribution in [0.4, 0.5) is 24.5 Å². The second-order valence-corrected chi connectivity index (χ2v) is 4.49. The number of aliphatic hydroxyl groups is 2. The molecule has 0 saturated carbocycles. The van der Waals surface area contributed by atoms with Crippen LogP contribution in [0, 0.1) is 10.1 Å². The van der Waals surface area contributed by atoms with Gasteiger partial charge >= 0.3 is 6.18 Å². The molecule has 0 fully saturated rings. The molecule has 0 bridgehead atoms. The van der Waals surface area contributed by atoms with Crippen LogP contribution in [0.25, 0.3) is 0 Å². The number of nitrogens with one attached hydrogen (secondary N) is 1. The molecule has 0 atom stereocenters. The summed E-state index contributed by atoms with van der Waals surface area (Å²) in [5.41, 5.74) is -3.76. The maximum atomic E-state index is 12.9. The van der Waals surface area contributed by atoms with Crippen molar-refractivity contribution in [2.45, 2.75) is 18.6 Å². The van der Waals surface area contributed by atoms with Gasteiger partial charge in [0.15, 0.2) is 0 Å². The van der Waals surface area contributed by atoms with E-state index < -0.39 is 46.8 Å². The number of halogens is 3. The van der Waals surface area contributed by atoms with Crippen LogP contribution in [0.15, 0.2) is 18.2 Å². The van der Waals surface area contributed by atoms with Gasteiger partial charge in [0.25, 0.3) is 5.69 Å². The Morgan fingerprint density at radius 1 is 1.30 bits per heavy atom. The Kier molecular flexibility index (Phi) is 4.56. The molecule has 0 heterocycles. The van der Waals surface area contributed by atoms with Crippen LogP contribution in [-0.4, -0.2) is 33.9 Å². The number of anilines is 1. The van der Waals surface area contributed by atoms with E-state index in [-0.39, 0.29) is 0 Å². The second-order valence-electron chi connectivity index (χ2n) is 4.49. The number of nitro groups is 1. The Morgan fingerprint density at radius 2 is 1.85 bits per heavy atom. The van der Waals surface area contributed by atoms with Gasteiger partial charge in [0.1, 0.15) is 0 Å². The lowest BCUT2D eigenvalue weighted by Crippen LogP contribution is -2.43. The Morgan fingerprint density at radius 3 is 2.25 bits per heavy atom. The van der Waals surface area contributed by atoms with Crippen LogP contribution in [0.2, 0.25) is 0 Å². The van der Waals surface area contributed by atoms with Crippen LogP contribution < -0.4 is 5.32 Å². The Bertz CT molecular complexity index is 501. The third-order valence-electron chi connectivity index (χ3n) is 2.65. The maximum Gasteiger partial charge on any atom is 0.418 e. The summed E-state index contributed by atoms with van der Waals surface area (Å²) in [5, 5.41) is 31.0. The second kappa shape index (κ2) is 5.63. The van der Waals surface area contributed by atoms with Crippen LogP contribution in [0.5, 0.6) is 0 Å². The fraction of sp³-hybridized carbons (Fsp3) is 0.455. The predicted octanol–water partition coefficient (Wildman–Crippen LogP) is 1.77. The van der Waals surface area contributed by atoms with Gasteiger partial charge in [-0.2, -0.15) is 13.2 Å². The van der Waals surface area contributed by atoms with E-state index in [1.165, 1.54) is 6.92 Å². The van der Waals surface area contributed by atoms with E-state index in [0.29, 0.717) is 6.07 Å². The fourth-order valence-corrected chi connectivity index (χ4v) is 1.44. The minimum atomic E-state index is -4.81. The number of nitro benzene ring substituents is 1. The van der Waals surface area contributed by atoms with Gasteiger partial charge in [-0.1, -0.05) is 0 Å². The topological polar surface area (TPSA) is 95.6 Å². The summed E-state index contributed by atoms with van der Waals surface area (Å²) in [6.07, 6.45) is -4.81. The van der Waals surface area contributed by atoms with E-state index in [1.54, 1.807) is 0 Å². The molecule has 6 nitrogen and oxygen atoms in total. The summed E-state index contributed by atoms with van der Waals surface area (Å²) in [4.78, 5) is 9.59. The number of alkyl halides is 3. The van der Waals surface area contributed by atoms with Crippen molar-refractivity contribution in [3.05, 3.63) is 33.9 Å². The van der Waals surface area contributed by atoms with Crippen LogP contribution in [0.1, 0.15) is 12.5 Å². The monoisotopic (exact) mass is 294 g/mol. The first-order chi connectivity index (χ1) is 9.13. The number of rotatable bonds is 5. The van der Waals surface area contributed by atoms with Crippen LogP contribution in [-0.2, 0) is 6.18 Å². The zero-order chi connectivity index (χ0) is 15.6. The van der Waals surface area contributed by atoms with Crippen molar-refractivity contribution in [1.29, 1.82) is 0 Å². The molecular formula is C11H13F3N2O4. The molecule has 0 radical (unpaired) electrons. The Hall–Kier alpha value is -1.87. The number of nitrogens with zero attached hydrogens (tertiary/aromatic N) is 1. The zero-order valence-corrected chi connectivity index (χ0v) is 10.4. The number of aliphatic hydroxyl groups excluding tert-OH is 2. The average molecular weight is 294 g/mol. The highest BCUT2D eigenvalue weighted by atomic mass is 19.4. The molecule has 9 heteroatoms. The SMILES string of the molecule is CC(CO)(CO)Nc1ccc([N+](=O)[O-])cc1C(F)(F)F. The first kappa shape index (κ1) is 16.2. The van der Waals surface area contributed by atoms with Crippen molar-refractivity contribution in [3.63, 3.8) is 0 Å². The van der Waals surface area contributed by atoms with E-state index in [4.69, 9.17) is 10.2 Å². The number of non-ortho nitro benzene ring substituents is 1. The van der Waals surface area contributed by atoms with Gasteiger partial charge in [-0.3, -0.25) is 10.1 Å². The van der Waals surface area contributed by atoms with Crippen molar-refractivity contribution in [1.82, 2.24) is 0 Å². The molecule has 0 aliphatic carbocycles. The fourth-order valence-electron chi connectivity index (χ4n) is 1.44. The molecule has 112 valence electrons. The molecular weight excluding hydrogens is 281 g/mol. The standard InChI is InChI=1S/C11H13F3N2O4/c1-10(5-17,6-18)15-9-3-2-7(16(19)20)4-8(9)11(12,13)14/h2-4,15,17-18H,5-6H2,1H3. The molecule has 20 heavy (non-hydrogen) atoms. The maximum absolute atomic E-state index is 12.9. The highest BCUT2D eigenvalue weighted by molar-refractivity contribution is 5.58. The first-order valence-electron chi connectivity index (χ1n) is 5.48. The minimum Gasteiger partial charge on any atom is -0.394 e. The molecule has 0 aliphatic rings. The quantitative estimate of drug-likeness (QED) is 0.568. The van der Waals surface area contributed by atoms with E-state index >= 15 is 0 Å². The molecule has 0 saturated heterocycles. The molecule has 1 aromatic carbocycles. The van der Waals surface area contributed by atoms with Crippen LogP contribution >= 0.6 is 0 Å². The average Bonchev–Trinajstić information content (AvgIpc) is 2.37. The number of hydrogen-bond acceptors (Lipinski definition) is 5. The van der Waals surface area contributed by atoms with Crippen molar-refractivity contribution >= 4 is 11.4 Å². The van der Waals surface area contributed by atoms with Gasteiger partial charge in [0.05, 0.1) is 29.2 Å². The van der Waals surface area contributed by atoms with E-state index in [2.05, 4.69) is 5.32 Å². The smallest absolute Gasteiger partial charge is 0.394 e. The van der Waals surface area contributed by atoms with Gasteiger partial charge in [-0.25, -0.2) is 0 Å². The lowest BCUT2D eigenvalue weighted by atomic mass is 10.0. The number of benzene rings is 1. The predicted molar refractivity (Wildman–Crippen MR) is 64.3 cm³/mol. The molecule has 0 amide bonds. The van der Waals surface area contributed by atoms with E-state index in [0.717, 1.165) is 12.1 Å². The molecule has 0 unspecified atom stereocenters. The van der Waals surface area contributed by atoms with E-state index in [1.807, 2.05) is 0 Å². The van der Waals surface area contributed by atoms with Gasteiger partial charge in [0, 0.05) is 17.8 Å². The summed E-state index contributed by atoms with van der Waals surface area (Å²) in [7, 11) is 0. The summed E-state index contributed by atoms with van der Waals surface area (Å²) >= 11 is 0. The molecule has 3 N–H and O–H groups in total. The summed E-state index contributed by atoms with van der Waals surface area (Å²) in [6, 6.07) is 2.20. The van der Waals surface area contributed by atoms with Crippen molar-refractivity contribution in [3.8, 4) is 0 Å². The van der Waals surface area contributed by atoms with Crippen molar-refractivity contribution in [2.24, 2.45) is 0 Å². The highest BCUT2D eigenvalue weighted by Gasteiger charge is 2.37. The summed E-state index contributed by atoms with van der Waals surface area (Å²) in [6.45, 7) is 0.0874. The van der Waals surface area contributed by atoms with Gasteiger partial charge in [-0.15, -0.1) is 0 Å². The Labute approximate surface area is 112 Å². The van der Waals surface area contributed by atoms with Crippen LogP contribution in [0.3, 0.4) is 0 Å². The lowest BCUT2D eigenvalue weighted by Gasteiger charge is -2.29. The summed E-state index contributed by atoms with van der Waals surface area (Å²) < 4.78 is 38.7. The number of hydrogen-bond donors (Lipinski definition) is 3. The van der Waals surface area contributed by atoms with E-state index in [9.17, 15) is 23.3 Å². The Balaban J connectivity index is 3.29. The lowest BCUT2D eigenvalue weighted by molar-refractivity contribution is -0.385. The zero-order valence-electron chi connectivity index (χ0n) is 10.4. The third-order valence-corrected chi connectivity index (χ3v) is 2.65. The van der Waals surface area contributed by atoms with Crippen molar-refractivity contribution < 1.29 is 28.3 Å².